The maximum Gasteiger partial charge on any atom is 0.226 e. The number of hydrogen-bond donors (Lipinski definition) is 0. The van der Waals surface area contributed by atoms with E-state index in [1.165, 1.54) is 24.8 Å². The first-order chi connectivity index (χ1) is 13.1. The summed E-state index contributed by atoms with van der Waals surface area (Å²) >= 11 is 0. The monoisotopic (exact) mass is 372 g/mol. The number of aromatic nitrogens is 2. The van der Waals surface area contributed by atoms with Gasteiger partial charge in [0.2, 0.25) is 5.91 Å². The predicted octanol–water partition coefficient (Wildman–Crippen LogP) is 4.20. The van der Waals surface area contributed by atoms with Gasteiger partial charge in [-0.2, -0.15) is 0 Å². The molecule has 0 bridgehead atoms. The molecular formula is C22H36N4O. The van der Waals surface area contributed by atoms with Gasteiger partial charge in [-0.15, -0.1) is 0 Å². The van der Waals surface area contributed by atoms with E-state index in [2.05, 4.69) is 35.6 Å². The Hall–Kier alpha value is -1.65. The van der Waals surface area contributed by atoms with E-state index in [-0.39, 0.29) is 0 Å². The van der Waals surface area contributed by atoms with Crippen LogP contribution in [0.1, 0.15) is 77.0 Å². The molecule has 1 aromatic rings. The highest BCUT2D eigenvalue weighted by Crippen LogP contribution is 2.33. The summed E-state index contributed by atoms with van der Waals surface area (Å²) in [6, 6.07) is 0. The molecule has 2 fully saturated rings. The summed E-state index contributed by atoms with van der Waals surface area (Å²) in [5.74, 6) is 2.77. The van der Waals surface area contributed by atoms with E-state index in [9.17, 15) is 4.79 Å². The topological polar surface area (TPSA) is 49.3 Å². The lowest BCUT2D eigenvalue weighted by Crippen LogP contribution is -2.38. The average molecular weight is 373 g/mol. The zero-order valence-corrected chi connectivity index (χ0v) is 17.4. The lowest BCUT2D eigenvalue weighted by atomic mass is 9.88. The normalized spacial score (nSPS) is 18.9. The molecule has 0 aromatic carbocycles. The summed E-state index contributed by atoms with van der Waals surface area (Å²) in [5.41, 5.74) is 2.30. The molecule has 2 heterocycles. The molecule has 1 aromatic heterocycles. The smallest absolute Gasteiger partial charge is 0.226 e. The predicted molar refractivity (Wildman–Crippen MR) is 110 cm³/mol. The van der Waals surface area contributed by atoms with Gasteiger partial charge in [-0.05, 0) is 38.0 Å². The van der Waals surface area contributed by atoms with Crippen molar-refractivity contribution in [2.24, 2.45) is 11.8 Å². The van der Waals surface area contributed by atoms with Crippen LogP contribution in [0.3, 0.4) is 0 Å². The Bertz CT molecular complexity index is 619. The second-order valence-electron chi connectivity index (χ2n) is 8.43. The Morgan fingerprint density at radius 3 is 2.33 bits per heavy atom. The first-order valence-corrected chi connectivity index (χ1v) is 11.0. The van der Waals surface area contributed by atoms with Gasteiger partial charge in [0.05, 0.1) is 12.2 Å². The van der Waals surface area contributed by atoms with Crippen LogP contribution in [0.25, 0.3) is 0 Å². The van der Waals surface area contributed by atoms with E-state index in [4.69, 9.17) is 0 Å². The Morgan fingerprint density at radius 2 is 1.81 bits per heavy atom. The fraction of sp³-hybridized carbons (Fsp3) is 0.773. The van der Waals surface area contributed by atoms with Crippen LogP contribution in [0, 0.1) is 11.8 Å². The van der Waals surface area contributed by atoms with Crippen LogP contribution in [-0.4, -0.2) is 40.4 Å². The molecule has 150 valence electrons. The molecular weight excluding hydrogens is 336 g/mol. The molecule has 4 rings (SSSR count). The van der Waals surface area contributed by atoms with E-state index in [1.807, 2.05) is 4.90 Å². The number of fused-ring (bicyclic) bond motifs is 1. The van der Waals surface area contributed by atoms with Gasteiger partial charge in [-0.1, -0.05) is 40.0 Å². The summed E-state index contributed by atoms with van der Waals surface area (Å²) in [4.78, 5) is 25.6. The summed E-state index contributed by atoms with van der Waals surface area (Å²) in [6.07, 6.45) is 11.4. The Kier molecular flexibility index (Phi) is 7.08. The van der Waals surface area contributed by atoms with Crippen LogP contribution in [0.2, 0.25) is 0 Å². The van der Waals surface area contributed by atoms with E-state index in [1.54, 1.807) is 6.33 Å². The van der Waals surface area contributed by atoms with Crippen LogP contribution < -0.4 is 4.90 Å². The largest absolute Gasteiger partial charge is 0.356 e. The maximum atomic E-state index is 12.3. The SMILES string of the molecule is CC1CCC1.CCCN(CCC)c1ncnc2c1CCN(C(=O)C1CC1)C2. The van der Waals surface area contributed by atoms with Crippen molar-refractivity contribution in [2.45, 2.75) is 78.7 Å². The number of rotatable bonds is 6. The van der Waals surface area contributed by atoms with Gasteiger partial charge in [0.1, 0.15) is 12.1 Å². The molecule has 0 radical (unpaired) electrons. The highest BCUT2D eigenvalue weighted by Gasteiger charge is 2.35. The van der Waals surface area contributed by atoms with Crippen LogP contribution >= 0.6 is 0 Å². The third-order valence-electron chi connectivity index (χ3n) is 5.90. The van der Waals surface area contributed by atoms with Gasteiger partial charge in [0, 0.05) is 31.1 Å². The third kappa shape index (κ3) is 5.20. The van der Waals surface area contributed by atoms with Gasteiger partial charge in [0.25, 0.3) is 0 Å². The fourth-order valence-electron chi connectivity index (χ4n) is 3.86. The summed E-state index contributed by atoms with van der Waals surface area (Å²) in [6.45, 7) is 10.2. The number of amides is 1. The third-order valence-corrected chi connectivity index (χ3v) is 5.90. The highest BCUT2D eigenvalue weighted by atomic mass is 16.2. The summed E-state index contributed by atoms with van der Waals surface area (Å²) in [5, 5.41) is 0. The number of nitrogens with zero attached hydrogens (tertiary/aromatic N) is 4. The molecule has 5 nitrogen and oxygen atoms in total. The standard InChI is InChI=1S/C17H26N4O.C5H10/c1-3-8-20(9-4-2)16-14-7-10-21(17(22)13-5-6-13)11-15(14)18-12-19-16;1-5-3-2-4-5/h12-13H,3-11H2,1-2H3;5H,2-4H2,1H3. The van der Waals surface area contributed by atoms with E-state index >= 15 is 0 Å². The number of carbonyl (C=O) groups excluding carboxylic acids is 1. The average Bonchev–Trinajstić information content (AvgIpc) is 3.50. The molecule has 0 N–H and O–H groups in total. The molecule has 0 saturated heterocycles. The molecule has 1 aliphatic heterocycles. The molecule has 27 heavy (non-hydrogen) atoms. The minimum Gasteiger partial charge on any atom is -0.356 e. The molecule has 3 aliphatic rings. The van der Waals surface area contributed by atoms with Gasteiger partial charge in [0.15, 0.2) is 0 Å². The first-order valence-electron chi connectivity index (χ1n) is 11.0. The minimum atomic E-state index is 0.291. The first kappa shape index (κ1) is 20.1. The molecule has 2 saturated carbocycles. The van der Waals surface area contributed by atoms with Crippen LogP contribution in [0.15, 0.2) is 6.33 Å². The molecule has 0 atom stereocenters. The van der Waals surface area contributed by atoms with Crippen molar-refractivity contribution >= 4 is 11.7 Å². The van der Waals surface area contributed by atoms with Crippen molar-refractivity contribution in [3.05, 3.63) is 17.6 Å². The highest BCUT2D eigenvalue weighted by molar-refractivity contribution is 5.81. The second kappa shape index (κ2) is 9.52. The zero-order valence-electron chi connectivity index (χ0n) is 17.4. The van der Waals surface area contributed by atoms with E-state index in [0.717, 1.165) is 69.2 Å². The molecule has 2 aliphatic carbocycles. The summed E-state index contributed by atoms with van der Waals surface area (Å²) in [7, 11) is 0. The molecule has 0 unspecified atom stereocenters. The van der Waals surface area contributed by atoms with Crippen molar-refractivity contribution < 1.29 is 4.79 Å². The Morgan fingerprint density at radius 1 is 1.15 bits per heavy atom. The Labute approximate surface area is 164 Å². The van der Waals surface area contributed by atoms with Gasteiger partial charge < -0.3 is 9.80 Å². The number of hydrogen-bond acceptors (Lipinski definition) is 4. The summed E-state index contributed by atoms with van der Waals surface area (Å²) < 4.78 is 0. The zero-order chi connectivity index (χ0) is 19.2. The van der Waals surface area contributed by atoms with Crippen molar-refractivity contribution in [2.75, 3.05) is 24.5 Å². The number of anilines is 1. The molecule has 0 spiro atoms. The van der Waals surface area contributed by atoms with Gasteiger partial charge in [-0.25, -0.2) is 9.97 Å². The van der Waals surface area contributed by atoms with Crippen molar-refractivity contribution in [3.63, 3.8) is 0 Å². The lowest BCUT2D eigenvalue weighted by Gasteiger charge is -2.32. The van der Waals surface area contributed by atoms with Crippen LogP contribution in [0.4, 0.5) is 5.82 Å². The lowest BCUT2D eigenvalue weighted by molar-refractivity contribution is -0.133. The van der Waals surface area contributed by atoms with Crippen molar-refractivity contribution in [3.8, 4) is 0 Å². The molecule has 5 heteroatoms. The Balaban J connectivity index is 0.000000364. The number of carbonyl (C=O) groups is 1. The van der Waals surface area contributed by atoms with Crippen molar-refractivity contribution in [1.82, 2.24) is 14.9 Å². The van der Waals surface area contributed by atoms with Gasteiger partial charge in [-0.3, -0.25) is 4.79 Å². The fourth-order valence-corrected chi connectivity index (χ4v) is 3.86. The van der Waals surface area contributed by atoms with Crippen LogP contribution in [0.5, 0.6) is 0 Å². The van der Waals surface area contributed by atoms with E-state index < -0.39 is 0 Å². The molecule has 1 amide bonds. The quantitative estimate of drug-likeness (QED) is 0.751. The van der Waals surface area contributed by atoms with Gasteiger partial charge >= 0.3 is 0 Å². The van der Waals surface area contributed by atoms with E-state index in [0.29, 0.717) is 18.4 Å². The van der Waals surface area contributed by atoms with Crippen LogP contribution in [-0.2, 0) is 17.8 Å². The minimum absolute atomic E-state index is 0.291. The van der Waals surface area contributed by atoms with Crippen molar-refractivity contribution in [1.29, 1.82) is 0 Å². The maximum absolute atomic E-state index is 12.3. The second-order valence-corrected chi connectivity index (χ2v) is 8.43.